The Bertz CT molecular complexity index is 540. The van der Waals surface area contributed by atoms with Gasteiger partial charge in [0, 0.05) is 19.4 Å². The second-order valence-corrected chi connectivity index (χ2v) is 11.2. The highest BCUT2D eigenvalue weighted by molar-refractivity contribution is 5.75. The van der Waals surface area contributed by atoms with E-state index >= 15 is 0 Å². The molecule has 206 valence electrons. The van der Waals surface area contributed by atoms with Crippen LogP contribution < -0.4 is 5.32 Å². The van der Waals surface area contributed by atoms with E-state index in [0.29, 0.717) is 30.3 Å². The number of nitrogens with one attached hydrogen (secondary N) is 1. The molecule has 5 heteroatoms. The summed E-state index contributed by atoms with van der Waals surface area (Å²) in [6, 6.07) is -0.427. The monoisotopic (exact) mass is 495 g/mol. The summed E-state index contributed by atoms with van der Waals surface area (Å²) in [7, 11) is 5.69. The summed E-state index contributed by atoms with van der Waals surface area (Å²) in [5.41, 5.74) is 0. The topological polar surface area (TPSA) is 66.4 Å². The number of hydrogen-bond donors (Lipinski definition) is 2. The van der Waals surface area contributed by atoms with E-state index in [-0.39, 0.29) is 5.91 Å². The minimum absolute atomic E-state index is 0.100. The van der Waals surface area contributed by atoms with Crippen LogP contribution in [0.25, 0.3) is 0 Å². The molecule has 0 radical (unpaired) electrons. The van der Waals surface area contributed by atoms with Crippen molar-refractivity contribution in [3.63, 3.8) is 0 Å². The zero-order valence-corrected chi connectivity index (χ0v) is 23.8. The molecule has 0 saturated carbocycles. The zero-order valence-electron chi connectivity index (χ0n) is 23.8. The molecule has 0 aliphatic carbocycles. The predicted molar refractivity (Wildman–Crippen MR) is 150 cm³/mol. The van der Waals surface area contributed by atoms with E-state index in [2.05, 4.69) is 24.4 Å². The minimum atomic E-state index is -0.768. The van der Waals surface area contributed by atoms with Gasteiger partial charge in [0.15, 0.2) is 6.04 Å². The Kier molecular flexibility index (Phi) is 22.2. The van der Waals surface area contributed by atoms with Crippen LogP contribution in [-0.4, -0.2) is 55.2 Å². The van der Waals surface area contributed by atoms with Crippen molar-refractivity contribution < 1.29 is 19.2 Å². The Morgan fingerprint density at radius 2 is 1.17 bits per heavy atom. The number of carbonyl (C=O) groups excluding carboxylic acids is 1. The van der Waals surface area contributed by atoms with Crippen LogP contribution in [0.4, 0.5) is 0 Å². The SMILES string of the molecule is CCCCCCCC/C=C\CCCCCCCCCCCC(=O)NCCCC(C(=O)O)[N+](C)(C)C. The van der Waals surface area contributed by atoms with Crippen molar-refractivity contribution in [2.45, 2.75) is 141 Å². The first-order chi connectivity index (χ1) is 16.8. The number of carbonyl (C=O) groups is 2. The first-order valence-electron chi connectivity index (χ1n) is 14.7. The summed E-state index contributed by atoms with van der Waals surface area (Å²) in [4.78, 5) is 23.3. The molecule has 0 aromatic rings. The summed E-state index contributed by atoms with van der Waals surface area (Å²) in [5, 5.41) is 12.3. The zero-order chi connectivity index (χ0) is 26.2. The van der Waals surface area contributed by atoms with Gasteiger partial charge < -0.3 is 14.9 Å². The van der Waals surface area contributed by atoms with Crippen LogP contribution in [0.3, 0.4) is 0 Å². The van der Waals surface area contributed by atoms with Crippen LogP contribution in [0.1, 0.15) is 135 Å². The van der Waals surface area contributed by atoms with Gasteiger partial charge in [0.25, 0.3) is 0 Å². The summed E-state index contributed by atoms with van der Waals surface area (Å²) in [6.07, 6.45) is 28.7. The first-order valence-corrected chi connectivity index (χ1v) is 14.7. The Balaban J connectivity index is 3.39. The standard InChI is InChI=1S/C30H58N2O3/c1-5-6-7-8-9-10-11-12-13-14-15-16-17-18-19-20-21-22-23-26-29(33)31-27-24-25-28(30(34)35)32(2,3)4/h12-13,28H,5-11,14-27H2,1-4H3,(H-,31,33,34,35)/p+1/b13-12-. The summed E-state index contributed by atoms with van der Waals surface area (Å²) in [6.45, 7) is 2.84. The smallest absolute Gasteiger partial charge is 0.362 e. The van der Waals surface area contributed by atoms with Crippen molar-refractivity contribution in [3.8, 4) is 0 Å². The molecule has 0 aliphatic heterocycles. The van der Waals surface area contributed by atoms with Crippen molar-refractivity contribution >= 4 is 11.9 Å². The summed E-state index contributed by atoms with van der Waals surface area (Å²) < 4.78 is 0.403. The lowest BCUT2D eigenvalue weighted by Crippen LogP contribution is -2.50. The van der Waals surface area contributed by atoms with E-state index in [1.54, 1.807) is 0 Å². The number of aliphatic carboxylic acids is 1. The van der Waals surface area contributed by atoms with Crippen LogP contribution in [0, 0.1) is 0 Å². The van der Waals surface area contributed by atoms with Gasteiger partial charge in [-0.05, 0) is 38.5 Å². The molecule has 0 aliphatic rings. The van der Waals surface area contributed by atoms with Gasteiger partial charge in [-0.2, -0.15) is 0 Å². The predicted octanol–water partition coefficient (Wildman–Crippen LogP) is 7.64. The first kappa shape index (κ1) is 33.6. The van der Waals surface area contributed by atoms with Crippen LogP contribution >= 0.6 is 0 Å². The fourth-order valence-corrected chi connectivity index (χ4v) is 4.52. The largest absolute Gasteiger partial charge is 0.477 e. The number of allylic oxidation sites excluding steroid dienone is 2. The van der Waals surface area contributed by atoms with Gasteiger partial charge in [-0.15, -0.1) is 0 Å². The van der Waals surface area contributed by atoms with Crippen molar-refractivity contribution in [1.29, 1.82) is 0 Å². The maximum absolute atomic E-state index is 12.0. The highest BCUT2D eigenvalue weighted by atomic mass is 16.4. The van der Waals surface area contributed by atoms with E-state index in [0.717, 1.165) is 12.8 Å². The molecule has 0 aromatic carbocycles. The molecule has 1 atom stereocenters. The van der Waals surface area contributed by atoms with Crippen LogP contribution in [0.15, 0.2) is 12.2 Å². The summed E-state index contributed by atoms with van der Waals surface area (Å²) in [5.74, 6) is -0.668. The van der Waals surface area contributed by atoms with Gasteiger partial charge in [-0.3, -0.25) is 4.79 Å². The molecular formula is C30H59N2O3+. The number of nitrogens with zero attached hydrogens (tertiary/aromatic N) is 1. The second kappa shape index (κ2) is 23.1. The van der Waals surface area contributed by atoms with Crippen molar-refractivity contribution in [3.05, 3.63) is 12.2 Å². The van der Waals surface area contributed by atoms with E-state index in [1.165, 1.54) is 96.3 Å². The van der Waals surface area contributed by atoms with Crippen molar-refractivity contribution in [2.24, 2.45) is 0 Å². The van der Waals surface area contributed by atoms with Gasteiger partial charge in [-0.1, -0.05) is 96.1 Å². The number of carboxylic acid groups (broad SMARTS) is 1. The van der Waals surface area contributed by atoms with E-state index in [4.69, 9.17) is 0 Å². The van der Waals surface area contributed by atoms with Gasteiger partial charge in [0.2, 0.25) is 5.91 Å². The average molecular weight is 496 g/mol. The normalized spacial score (nSPS) is 12.8. The Morgan fingerprint density at radius 1 is 0.714 bits per heavy atom. The number of unbranched alkanes of at least 4 members (excludes halogenated alkanes) is 15. The quantitative estimate of drug-likeness (QED) is 0.0777. The maximum atomic E-state index is 12.0. The van der Waals surface area contributed by atoms with Gasteiger partial charge in [0.1, 0.15) is 0 Å². The van der Waals surface area contributed by atoms with Gasteiger partial charge in [0.05, 0.1) is 21.1 Å². The molecule has 2 N–H and O–H groups in total. The third-order valence-electron chi connectivity index (χ3n) is 6.86. The molecule has 0 spiro atoms. The Morgan fingerprint density at radius 3 is 1.63 bits per heavy atom. The Labute approximate surface area is 217 Å². The highest BCUT2D eigenvalue weighted by Crippen LogP contribution is 2.13. The molecule has 0 rings (SSSR count). The fourth-order valence-electron chi connectivity index (χ4n) is 4.52. The van der Waals surface area contributed by atoms with E-state index in [9.17, 15) is 14.7 Å². The molecule has 0 heterocycles. The van der Waals surface area contributed by atoms with Gasteiger partial charge >= 0.3 is 5.97 Å². The highest BCUT2D eigenvalue weighted by Gasteiger charge is 2.30. The molecular weight excluding hydrogens is 436 g/mol. The second-order valence-electron chi connectivity index (χ2n) is 11.2. The number of quaternary nitrogens is 1. The number of hydrogen-bond acceptors (Lipinski definition) is 2. The maximum Gasteiger partial charge on any atom is 0.362 e. The average Bonchev–Trinajstić information content (AvgIpc) is 2.79. The molecule has 1 amide bonds. The molecule has 0 bridgehead atoms. The van der Waals surface area contributed by atoms with Gasteiger partial charge in [-0.25, -0.2) is 4.79 Å². The van der Waals surface area contributed by atoms with Crippen molar-refractivity contribution in [1.82, 2.24) is 5.32 Å². The fraction of sp³-hybridized carbons (Fsp3) is 0.867. The van der Waals surface area contributed by atoms with E-state index < -0.39 is 12.0 Å². The number of amides is 1. The third-order valence-corrected chi connectivity index (χ3v) is 6.86. The lowest BCUT2D eigenvalue weighted by Gasteiger charge is -2.31. The third kappa shape index (κ3) is 22.8. The minimum Gasteiger partial charge on any atom is -0.477 e. The molecule has 0 aromatic heterocycles. The van der Waals surface area contributed by atoms with Crippen molar-refractivity contribution in [2.75, 3.05) is 27.7 Å². The molecule has 1 unspecified atom stereocenters. The van der Waals surface area contributed by atoms with Crippen LogP contribution in [0.5, 0.6) is 0 Å². The van der Waals surface area contributed by atoms with Crippen LogP contribution in [-0.2, 0) is 9.59 Å². The molecule has 35 heavy (non-hydrogen) atoms. The number of carboxylic acids is 1. The Hall–Kier alpha value is -1.36. The number of rotatable bonds is 25. The molecule has 5 nitrogen and oxygen atoms in total. The summed E-state index contributed by atoms with van der Waals surface area (Å²) >= 11 is 0. The lowest BCUT2D eigenvalue weighted by molar-refractivity contribution is -0.887. The number of likely N-dealkylation sites (N-methyl/N-ethyl adjacent to an activating group) is 1. The lowest BCUT2D eigenvalue weighted by atomic mass is 10.1. The van der Waals surface area contributed by atoms with E-state index in [1.807, 2.05) is 21.1 Å². The van der Waals surface area contributed by atoms with Crippen LogP contribution in [0.2, 0.25) is 0 Å². The molecule has 0 saturated heterocycles. The molecule has 0 fully saturated rings.